The summed E-state index contributed by atoms with van der Waals surface area (Å²) in [7, 11) is 1.64. The van der Waals surface area contributed by atoms with Gasteiger partial charge in [-0.3, -0.25) is 4.79 Å². The monoisotopic (exact) mass is 330 g/mol. The van der Waals surface area contributed by atoms with Crippen molar-refractivity contribution in [1.29, 1.82) is 0 Å². The van der Waals surface area contributed by atoms with E-state index >= 15 is 0 Å². The molecular weight excluding hydrogens is 308 g/mol. The summed E-state index contributed by atoms with van der Waals surface area (Å²) in [4.78, 5) is 16.1. The first kappa shape index (κ1) is 16.3. The average Bonchev–Trinajstić information content (AvgIpc) is 3.06. The van der Waals surface area contributed by atoms with Crippen molar-refractivity contribution >= 4 is 11.9 Å². The lowest BCUT2D eigenvalue weighted by Gasteiger charge is -2.33. The molecule has 1 aromatic heterocycles. The highest BCUT2D eigenvalue weighted by Gasteiger charge is 2.27. The standard InChI is InChI=1S/C17H22N4O3/c1-3-4-15-18-19-17(24-15)21-10-9-20(16(22)12-21)11-13-5-7-14(23-2)8-6-13/h5-8H,3-4,9-12H2,1-2H3. The van der Waals surface area contributed by atoms with Gasteiger partial charge in [0.15, 0.2) is 0 Å². The SMILES string of the molecule is CCCc1nnc(N2CCN(Cc3ccc(OC)cc3)C(=O)C2)o1. The fraction of sp³-hybridized carbons (Fsp3) is 0.471. The molecule has 0 unspecified atom stereocenters. The fourth-order valence-corrected chi connectivity index (χ4v) is 2.68. The molecule has 0 spiro atoms. The van der Waals surface area contributed by atoms with Crippen LogP contribution in [-0.2, 0) is 17.8 Å². The Hall–Kier alpha value is -2.57. The summed E-state index contributed by atoms with van der Waals surface area (Å²) in [5.41, 5.74) is 1.08. The number of methoxy groups -OCH3 is 1. The average molecular weight is 330 g/mol. The second kappa shape index (κ2) is 7.33. The summed E-state index contributed by atoms with van der Waals surface area (Å²) >= 11 is 0. The maximum Gasteiger partial charge on any atom is 0.318 e. The Morgan fingerprint density at radius 1 is 1.21 bits per heavy atom. The highest BCUT2D eigenvalue weighted by Crippen LogP contribution is 2.18. The molecule has 128 valence electrons. The number of anilines is 1. The summed E-state index contributed by atoms with van der Waals surface area (Å²) in [5.74, 6) is 1.50. The molecule has 1 amide bonds. The number of piperazine rings is 1. The van der Waals surface area contributed by atoms with E-state index in [0.717, 1.165) is 24.2 Å². The van der Waals surface area contributed by atoms with Crippen LogP contribution < -0.4 is 9.64 Å². The fourth-order valence-electron chi connectivity index (χ4n) is 2.68. The van der Waals surface area contributed by atoms with Crippen molar-refractivity contribution in [1.82, 2.24) is 15.1 Å². The number of rotatable bonds is 6. The number of carbonyl (C=O) groups excluding carboxylic acids is 1. The Morgan fingerprint density at radius 3 is 2.67 bits per heavy atom. The van der Waals surface area contributed by atoms with Crippen LogP contribution in [0, 0.1) is 0 Å². The van der Waals surface area contributed by atoms with Crippen LogP contribution in [0.15, 0.2) is 28.7 Å². The third-order valence-corrected chi connectivity index (χ3v) is 4.04. The zero-order valence-electron chi connectivity index (χ0n) is 14.1. The third-order valence-electron chi connectivity index (χ3n) is 4.04. The van der Waals surface area contributed by atoms with E-state index < -0.39 is 0 Å². The van der Waals surface area contributed by atoms with Gasteiger partial charge in [-0.25, -0.2) is 0 Å². The van der Waals surface area contributed by atoms with Gasteiger partial charge in [-0.05, 0) is 24.1 Å². The number of aromatic nitrogens is 2. The smallest absolute Gasteiger partial charge is 0.318 e. The van der Waals surface area contributed by atoms with E-state index in [1.165, 1.54) is 0 Å². The topological polar surface area (TPSA) is 71.7 Å². The van der Waals surface area contributed by atoms with E-state index in [1.54, 1.807) is 7.11 Å². The lowest BCUT2D eigenvalue weighted by Crippen LogP contribution is -2.50. The molecule has 1 aromatic carbocycles. The van der Waals surface area contributed by atoms with Crippen molar-refractivity contribution in [2.45, 2.75) is 26.3 Å². The Bertz CT molecular complexity index is 683. The van der Waals surface area contributed by atoms with Gasteiger partial charge in [-0.1, -0.05) is 24.2 Å². The molecule has 7 nitrogen and oxygen atoms in total. The normalized spacial score (nSPS) is 15.0. The van der Waals surface area contributed by atoms with Gasteiger partial charge in [-0.2, -0.15) is 0 Å². The number of amides is 1. The van der Waals surface area contributed by atoms with E-state index in [9.17, 15) is 4.79 Å². The van der Waals surface area contributed by atoms with Crippen molar-refractivity contribution in [3.05, 3.63) is 35.7 Å². The molecule has 0 bridgehead atoms. The molecule has 0 radical (unpaired) electrons. The van der Waals surface area contributed by atoms with Crippen LogP contribution in [0.25, 0.3) is 0 Å². The van der Waals surface area contributed by atoms with Gasteiger partial charge in [0, 0.05) is 26.1 Å². The Morgan fingerprint density at radius 2 is 2.00 bits per heavy atom. The molecule has 0 N–H and O–H groups in total. The quantitative estimate of drug-likeness (QED) is 0.805. The van der Waals surface area contributed by atoms with Gasteiger partial charge < -0.3 is 19.0 Å². The van der Waals surface area contributed by atoms with Gasteiger partial charge in [0.05, 0.1) is 7.11 Å². The zero-order chi connectivity index (χ0) is 16.9. The lowest BCUT2D eigenvalue weighted by molar-refractivity contribution is -0.131. The number of benzene rings is 1. The minimum Gasteiger partial charge on any atom is -0.497 e. The second-order valence-electron chi connectivity index (χ2n) is 5.81. The van der Waals surface area contributed by atoms with Crippen molar-refractivity contribution in [2.24, 2.45) is 0 Å². The predicted molar refractivity (Wildman–Crippen MR) is 88.9 cm³/mol. The molecule has 0 saturated carbocycles. The van der Waals surface area contributed by atoms with Crippen molar-refractivity contribution in [2.75, 3.05) is 31.6 Å². The van der Waals surface area contributed by atoms with Crippen LogP contribution in [0.3, 0.4) is 0 Å². The molecule has 0 atom stereocenters. The van der Waals surface area contributed by atoms with Crippen LogP contribution in [0.4, 0.5) is 6.01 Å². The molecule has 2 aromatic rings. The first-order valence-electron chi connectivity index (χ1n) is 8.17. The molecule has 24 heavy (non-hydrogen) atoms. The highest BCUT2D eigenvalue weighted by molar-refractivity contribution is 5.82. The molecule has 2 heterocycles. The predicted octanol–water partition coefficient (Wildman–Crippen LogP) is 1.88. The van der Waals surface area contributed by atoms with Crippen molar-refractivity contribution in [3.63, 3.8) is 0 Å². The molecule has 1 aliphatic rings. The lowest BCUT2D eigenvalue weighted by atomic mass is 10.2. The van der Waals surface area contributed by atoms with E-state index in [0.29, 0.717) is 31.5 Å². The Kier molecular flexibility index (Phi) is 4.98. The second-order valence-corrected chi connectivity index (χ2v) is 5.81. The summed E-state index contributed by atoms with van der Waals surface area (Å²) < 4.78 is 10.8. The van der Waals surface area contributed by atoms with Crippen LogP contribution in [0.2, 0.25) is 0 Å². The van der Waals surface area contributed by atoms with Crippen LogP contribution >= 0.6 is 0 Å². The van der Waals surface area contributed by atoms with Gasteiger partial charge in [0.25, 0.3) is 0 Å². The Balaban J connectivity index is 1.59. The van der Waals surface area contributed by atoms with Crippen LogP contribution in [0.1, 0.15) is 24.8 Å². The number of hydrogen-bond acceptors (Lipinski definition) is 6. The van der Waals surface area contributed by atoms with E-state index in [-0.39, 0.29) is 12.5 Å². The van der Waals surface area contributed by atoms with E-state index in [4.69, 9.17) is 9.15 Å². The minimum atomic E-state index is 0.0623. The maximum absolute atomic E-state index is 12.4. The number of carbonyl (C=O) groups is 1. The molecular formula is C17H22N4O3. The largest absolute Gasteiger partial charge is 0.497 e. The van der Waals surface area contributed by atoms with Gasteiger partial charge >= 0.3 is 6.01 Å². The van der Waals surface area contributed by atoms with Gasteiger partial charge in [-0.15, -0.1) is 5.10 Å². The van der Waals surface area contributed by atoms with Gasteiger partial charge in [0.1, 0.15) is 12.3 Å². The third kappa shape index (κ3) is 3.67. The molecule has 1 fully saturated rings. The summed E-state index contributed by atoms with van der Waals surface area (Å²) in [6.45, 7) is 4.25. The number of ether oxygens (including phenoxy) is 1. The minimum absolute atomic E-state index is 0.0623. The molecule has 1 saturated heterocycles. The highest BCUT2D eigenvalue weighted by atomic mass is 16.5. The number of nitrogens with zero attached hydrogens (tertiary/aromatic N) is 4. The summed E-state index contributed by atoms with van der Waals surface area (Å²) in [6.07, 6.45) is 1.72. The first-order valence-corrected chi connectivity index (χ1v) is 8.17. The first-order chi connectivity index (χ1) is 11.7. The zero-order valence-corrected chi connectivity index (χ0v) is 14.1. The molecule has 7 heteroatoms. The van der Waals surface area contributed by atoms with Crippen LogP contribution in [0.5, 0.6) is 5.75 Å². The molecule has 0 aliphatic carbocycles. The van der Waals surface area contributed by atoms with E-state index in [1.807, 2.05) is 34.1 Å². The Labute approximate surface area is 141 Å². The van der Waals surface area contributed by atoms with Crippen molar-refractivity contribution < 1.29 is 13.9 Å². The maximum atomic E-state index is 12.4. The molecule has 3 rings (SSSR count). The van der Waals surface area contributed by atoms with Crippen molar-refractivity contribution in [3.8, 4) is 5.75 Å². The van der Waals surface area contributed by atoms with E-state index in [2.05, 4.69) is 17.1 Å². The number of hydrogen-bond donors (Lipinski definition) is 0. The van der Waals surface area contributed by atoms with Gasteiger partial charge in [0.2, 0.25) is 11.8 Å². The summed E-state index contributed by atoms with van der Waals surface area (Å²) in [5, 5.41) is 8.06. The summed E-state index contributed by atoms with van der Waals surface area (Å²) in [6, 6.07) is 8.21. The molecule has 1 aliphatic heterocycles. The van der Waals surface area contributed by atoms with Crippen LogP contribution in [-0.4, -0.2) is 47.7 Å². The number of aryl methyl sites for hydroxylation is 1.